The molecule has 174 valence electrons. The van der Waals surface area contributed by atoms with Crippen LogP contribution in [0.2, 0.25) is 0 Å². The average Bonchev–Trinajstić information content (AvgIpc) is 3.10. The van der Waals surface area contributed by atoms with E-state index in [0.717, 1.165) is 53.0 Å². The first-order valence-electron chi connectivity index (χ1n) is 11.0. The van der Waals surface area contributed by atoms with E-state index in [1.807, 2.05) is 19.1 Å². The van der Waals surface area contributed by atoms with Crippen molar-refractivity contribution in [2.45, 2.75) is 51.5 Å². The summed E-state index contributed by atoms with van der Waals surface area (Å²) in [6.45, 7) is 3.11. The first-order chi connectivity index (χ1) is 15.7. The fourth-order valence-electron chi connectivity index (χ4n) is 4.38. The van der Waals surface area contributed by atoms with E-state index in [0.29, 0.717) is 16.1 Å². The van der Waals surface area contributed by atoms with Crippen molar-refractivity contribution in [1.29, 1.82) is 0 Å². The van der Waals surface area contributed by atoms with Crippen molar-refractivity contribution in [1.82, 2.24) is 10.2 Å². The number of anilines is 1. The Hall–Kier alpha value is -3.20. The van der Waals surface area contributed by atoms with Gasteiger partial charge in [0.05, 0.1) is 12.7 Å². The Balaban J connectivity index is 1.53. The lowest BCUT2D eigenvalue weighted by Crippen LogP contribution is -2.42. The van der Waals surface area contributed by atoms with Crippen LogP contribution in [0.4, 0.5) is 9.80 Å². The van der Waals surface area contributed by atoms with Crippen molar-refractivity contribution in [3.05, 3.63) is 51.4 Å². The Morgan fingerprint density at radius 2 is 1.85 bits per heavy atom. The number of esters is 1. The summed E-state index contributed by atoms with van der Waals surface area (Å²) >= 11 is 1.37. The van der Waals surface area contributed by atoms with Crippen LogP contribution in [0.1, 0.15) is 58.1 Å². The monoisotopic (exact) mass is 469 g/mol. The van der Waals surface area contributed by atoms with Gasteiger partial charge in [0.25, 0.3) is 5.91 Å². The van der Waals surface area contributed by atoms with Crippen LogP contribution in [0.5, 0.6) is 0 Å². The number of nitrogens with zero attached hydrogens (tertiary/aromatic N) is 1. The third-order valence-corrected chi connectivity index (χ3v) is 7.48. The minimum atomic E-state index is -1.25. The number of hydrogen-bond acceptors (Lipinski definition) is 6. The second-order valence-corrected chi connectivity index (χ2v) is 9.73. The van der Waals surface area contributed by atoms with E-state index in [4.69, 9.17) is 4.74 Å². The molecule has 33 heavy (non-hydrogen) atoms. The Morgan fingerprint density at radius 3 is 2.55 bits per heavy atom. The van der Waals surface area contributed by atoms with Crippen molar-refractivity contribution >= 4 is 40.2 Å². The molecule has 0 bridgehead atoms. The topological polar surface area (TPSA) is 105 Å². The maximum absolute atomic E-state index is 13.1. The number of amides is 4. The Morgan fingerprint density at radius 1 is 1.15 bits per heavy atom. The maximum Gasteiger partial charge on any atom is 0.341 e. The van der Waals surface area contributed by atoms with Gasteiger partial charge in [-0.2, -0.15) is 0 Å². The molecule has 8 nitrogen and oxygen atoms in total. The largest absolute Gasteiger partial charge is 0.465 e. The first kappa shape index (κ1) is 23.0. The number of fused-ring (bicyclic) bond motifs is 1. The molecule has 0 saturated carbocycles. The molecule has 1 aromatic heterocycles. The molecule has 1 fully saturated rings. The number of methoxy groups -OCH3 is 1. The molecule has 1 saturated heterocycles. The minimum Gasteiger partial charge on any atom is -0.465 e. The average molecular weight is 470 g/mol. The van der Waals surface area contributed by atoms with E-state index in [2.05, 4.69) is 10.6 Å². The van der Waals surface area contributed by atoms with E-state index in [9.17, 15) is 19.2 Å². The number of imide groups is 1. The van der Waals surface area contributed by atoms with Crippen LogP contribution in [0.15, 0.2) is 24.3 Å². The van der Waals surface area contributed by atoms with E-state index >= 15 is 0 Å². The zero-order valence-corrected chi connectivity index (χ0v) is 19.8. The third kappa shape index (κ3) is 4.25. The highest BCUT2D eigenvalue weighted by molar-refractivity contribution is 7.17. The molecular weight excluding hydrogens is 442 g/mol. The van der Waals surface area contributed by atoms with Crippen molar-refractivity contribution < 1.29 is 23.9 Å². The summed E-state index contributed by atoms with van der Waals surface area (Å²) in [7, 11) is 1.31. The standard InChI is InChI=1S/C24H27N3O5S/c1-14-9-11-15(12-10-14)24(2)22(30)27(23(31)26-24)13-18(28)25-20-19(21(29)32-3)16-7-5-4-6-8-17(16)33-20/h9-12H,4-8,13H2,1-3H3,(H,25,28)(H,26,31)/t24-/m0/s1. The summed E-state index contributed by atoms with van der Waals surface area (Å²) in [5.41, 5.74) is 1.74. The number of carbonyl (C=O) groups excluding carboxylic acids is 4. The number of ether oxygens (including phenoxy) is 1. The molecule has 2 N–H and O–H groups in total. The normalized spacial score (nSPS) is 20.2. The highest BCUT2D eigenvalue weighted by Gasteiger charge is 2.49. The summed E-state index contributed by atoms with van der Waals surface area (Å²) in [6.07, 6.45) is 4.70. The third-order valence-electron chi connectivity index (χ3n) is 6.27. The number of hydrogen-bond donors (Lipinski definition) is 2. The number of carbonyl (C=O) groups is 4. The summed E-state index contributed by atoms with van der Waals surface area (Å²) in [5.74, 6) is -1.54. The second kappa shape index (κ2) is 8.97. The summed E-state index contributed by atoms with van der Waals surface area (Å²) in [4.78, 5) is 53.0. The van der Waals surface area contributed by atoms with Gasteiger partial charge in [0.2, 0.25) is 5.91 Å². The van der Waals surface area contributed by atoms with Crippen LogP contribution >= 0.6 is 11.3 Å². The number of aryl methyl sites for hydroxylation is 2. The molecule has 9 heteroatoms. The summed E-state index contributed by atoms with van der Waals surface area (Å²) in [5, 5.41) is 5.87. The molecule has 2 heterocycles. The SMILES string of the molecule is COC(=O)c1c(NC(=O)CN2C(=O)N[C@@](C)(c3ccc(C)cc3)C2=O)sc2c1CCCCC2. The quantitative estimate of drug-likeness (QED) is 0.396. The van der Waals surface area contributed by atoms with Gasteiger partial charge in [0.1, 0.15) is 17.1 Å². The molecule has 1 atom stereocenters. The van der Waals surface area contributed by atoms with Crippen molar-refractivity contribution in [2.75, 3.05) is 19.0 Å². The van der Waals surface area contributed by atoms with Crippen molar-refractivity contribution in [3.63, 3.8) is 0 Å². The van der Waals surface area contributed by atoms with Crippen LogP contribution in [0.25, 0.3) is 0 Å². The zero-order chi connectivity index (χ0) is 23.8. The van der Waals surface area contributed by atoms with E-state index in [1.165, 1.54) is 18.4 Å². The van der Waals surface area contributed by atoms with E-state index in [-0.39, 0.29) is 0 Å². The Labute approximate surface area is 196 Å². The predicted molar refractivity (Wildman–Crippen MR) is 124 cm³/mol. The van der Waals surface area contributed by atoms with Gasteiger partial charge in [-0.05, 0) is 50.7 Å². The van der Waals surface area contributed by atoms with Crippen LogP contribution in [-0.4, -0.2) is 42.4 Å². The Bertz CT molecular complexity index is 1120. The fraction of sp³-hybridized carbons (Fsp3) is 0.417. The lowest BCUT2D eigenvalue weighted by Gasteiger charge is -2.22. The molecule has 1 aliphatic carbocycles. The van der Waals surface area contributed by atoms with Gasteiger partial charge >= 0.3 is 12.0 Å². The van der Waals surface area contributed by atoms with Gasteiger partial charge in [-0.25, -0.2) is 9.59 Å². The van der Waals surface area contributed by atoms with Crippen LogP contribution < -0.4 is 10.6 Å². The highest BCUT2D eigenvalue weighted by atomic mass is 32.1. The molecule has 0 unspecified atom stereocenters. The smallest absolute Gasteiger partial charge is 0.341 e. The summed E-state index contributed by atoms with van der Waals surface area (Å²) < 4.78 is 4.96. The molecule has 4 rings (SSSR count). The van der Waals surface area contributed by atoms with Gasteiger partial charge in [0, 0.05) is 4.88 Å². The molecule has 2 aliphatic rings. The van der Waals surface area contributed by atoms with E-state index in [1.54, 1.807) is 19.1 Å². The van der Waals surface area contributed by atoms with Gasteiger partial charge in [-0.1, -0.05) is 36.2 Å². The molecule has 4 amide bonds. The number of rotatable bonds is 5. The molecule has 0 radical (unpaired) electrons. The molecule has 1 aromatic carbocycles. The predicted octanol–water partition coefficient (Wildman–Crippen LogP) is 3.52. The van der Waals surface area contributed by atoms with Crippen molar-refractivity contribution in [3.8, 4) is 0 Å². The fourth-order valence-corrected chi connectivity index (χ4v) is 5.68. The molecular formula is C24H27N3O5S. The lowest BCUT2D eigenvalue weighted by molar-refractivity contribution is -0.133. The first-order valence-corrected chi connectivity index (χ1v) is 11.8. The number of nitrogens with one attached hydrogen (secondary N) is 2. The zero-order valence-electron chi connectivity index (χ0n) is 18.9. The van der Waals surface area contributed by atoms with Gasteiger partial charge in [-0.15, -0.1) is 11.3 Å². The van der Waals surface area contributed by atoms with Crippen LogP contribution in [-0.2, 0) is 32.7 Å². The number of benzene rings is 1. The number of urea groups is 1. The Kier molecular flexibility index (Phi) is 6.25. The molecule has 0 spiro atoms. The van der Waals surface area contributed by atoms with Crippen molar-refractivity contribution in [2.24, 2.45) is 0 Å². The second-order valence-electron chi connectivity index (χ2n) is 8.62. The minimum absolute atomic E-state index is 0.384. The summed E-state index contributed by atoms with van der Waals surface area (Å²) in [6, 6.07) is 6.68. The highest BCUT2D eigenvalue weighted by Crippen LogP contribution is 2.38. The number of thiophene rings is 1. The van der Waals surface area contributed by atoms with Gasteiger partial charge in [-0.3, -0.25) is 14.5 Å². The molecule has 2 aromatic rings. The van der Waals surface area contributed by atoms with Crippen LogP contribution in [0.3, 0.4) is 0 Å². The van der Waals surface area contributed by atoms with E-state index < -0.39 is 35.9 Å². The van der Waals surface area contributed by atoms with Gasteiger partial charge in [0.15, 0.2) is 0 Å². The van der Waals surface area contributed by atoms with Gasteiger partial charge < -0.3 is 15.4 Å². The molecule has 1 aliphatic heterocycles. The maximum atomic E-state index is 13.1. The van der Waals surface area contributed by atoms with Crippen LogP contribution in [0, 0.1) is 6.92 Å². The lowest BCUT2D eigenvalue weighted by atomic mass is 9.91.